The minimum Gasteiger partial charge on any atom is -0.508 e. The van der Waals surface area contributed by atoms with E-state index in [9.17, 15) is 9.50 Å². The van der Waals surface area contributed by atoms with Gasteiger partial charge in [-0.1, -0.05) is 12.1 Å². The molecular formula is C37H41F3N6O2. The number of piperazine rings is 1. The Hall–Kier alpha value is -3.67. The van der Waals surface area contributed by atoms with E-state index in [-0.39, 0.29) is 44.6 Å². The van der Waals surface area contributed by atoms with Gasteiger partial charge in [-0.15, -0.1) is 0 Å². The number of benzene rings is 3. The number of ether oxygens (including phenoxy) is 1. The molecule has 8 nitrogen and oxygen atoms in total. The van der Waals surface area contributed by atoms with Crippen molar-refractivity contribution in [3.63, 3.8) is 0 Å². The van der Waals surface area contributed by atoms with Gasteiger partial charge in [-0.3, -0.25) is 4.90 Å². The second-order valence-electron chi connectivity index (χ2n) is 15.1. The van der Waals surface area contributed by atoms with Gasteiger partial charge in [-0.25, -0.2) is 13.2 Å². The lowest BCUT2D eigenvalue weighted by Gasteiger charge is -2.40. The zero-order chi connectivity index (χ0) is 32.7. The first kappa shape index (κ1) is 30.4. The van der Waals surface area contributed by atoms with Crippen molar-refractivity contribution in [2.24, 2.45) is 17.1 Å². The molecule has 5 heterocycles. The summed E-state index contributed by atoms with van der Waals surface area (Å²) in [5.74, 6) is -1.79. The van der Waals surface area contributed by atoms with Crippen molar-refractivity contribution in [1.82, 2.24) is 20.2 Å². The third-order valence-electron chi connectivity index (χ3n) is 11.9. The van der Waals surface area contributed by atoms with Gasteiger partial charge in [0, 0.05) is 65.6 Å². The summed E-state index contributed by atoms with van der Waals surface area (Å²) < 4.78 is 52.8. The van der Waals surface area contributed by atoms with E-state index < -0.39 is 17.5 Å². The standard InChI is InChI=1S/C37H41F3N6O2/c38-30-8-1-21-13-26(47)14-29(31(21)33(30)40)27-6-7-28-34(32(27)39)43-36(44-35(28)45-16-22-2-3-23(17-45)42-22)48-19-37(9-10-37)18-46-24-4-5-25(46)12-20(11-24)15-41/h1,6-8,13-14,20,22-25,42,47H,2-5,9-12,15-19,41H2. The van der Waals surface area contributed by atoms with E-state index in [1.165, 1.54) is 43.9 Å². The van der Waals surface area contributed by atoms with E-state index in [4.69, 9.17) is 15.5 Å². The molecule has 0 amide bonds. The van der Waals surface area contributed by atoms with Crippen molar-refractivity contribution in [3.8, 4) is 22.9 Å². The summed E-state index contributed by atoms with van der Waals surface area (Å²) in [5, 5.41) is 14.8. The number of nitrogens with zero attached hydrogens (tertiary/aromatic N) is 4. The molecule has 4 saturated heterocycles. The molecule has 9 rings (SSSR count). The monoisotopic (exact) mass is 658 g/mol. The average Bonchev–Trinajstić information content (AvgIpc) is 3.72. The summed E-state index contributed by atoms with van der Waals surface area (Å²) in [5.41, 5.74) is 6.18. The molecule has 3 aromatic carbocycles. The number of nitrogens with two attached hydrogens (primary N) is 1. The summed E-state index contributed by atoms with van der Waals surface area (Å²) in [4.78, 5) is 14.4. The van der Waals surface area contributed by atoms with Crippen LogP contribution >= 0.6 is 0 Å². The summed E-state index contributed by atoms with van der Waals surface area (Å²) in [6.45, 7) is 3.66. The highest BCUT2D eigenvalue weighted by molar-refractivity contribution is 6.01. The van der Waals surface area contributed by atoms with Crippen LogP contribution in [0.2, 0.25) is 0 Å². The normalized spacial score (nSPS) is 27.7. The van der Waals surface area contributed by atoms with Crippen LogP contribution in [-0.4, -0.2) is 76.9 Å². The van der Waals surface area contributed by atoms with Crippen LogP contribution in [0.25, 0.3) is 32.8 Å². The number of piperidine rings is 1. The van der Waals surface area contributed by atoms with Gasteiger partial charge >= 0.3 is 6.01 Å². The molecule has 4 unspecified atom stereocenters. The quantitative estimate of drug-likeness (QED) is 0.216. The van der Waals surface area contributed by atoms with E-state index in [0.717, 1.165) is 57.9 Å². The molecule has 48 heavy (non-hydrogen) atoms. The molecule has 4 aromatic rings. The maximum atomic E-state index is 16.8. The minimum atomic E-state index is -1.10. The van der Waals surface area contributed by atoms with Crippen LogP contribution in [0.4, 0.5) is 19.0 Å². The molecule has 0 radical (unpaired) electrons. The fourth-order valence-corrected chi connectivity index (χ4v) is 9.17. The highest BCUT2D eigenvalue weighted by Gasteiger charge is 2.50. The lowest BCUT2D eigenvalue weighted by molar-refractivity contribution is 0.0671. The molecule has 1 aromatic heterocycles. The zero-order valence-electron chi connectivity index (χ0n) is 26.9. The molecule has 4 bridgehead atoms. The van der Waals surface area contributed by atoms with Crippen molar-refractivity contribution < 1.29 is 23.0 Å². The fraction of sp³-hybridized carbons (Fsp3) is 0.514. The van der Waals surface area contributed by atoms with Gasteiger partial charge in [-0.2, -0.15) is 9.97 Å². The topological polar surface area (TPSA) is 99.8 Å². The number of fused-ring (bicyclic) bond motifs is 6. The molecule has 1 aliphatic carbocycles. The van der Waals surface area contributed by atoms with Crippen LogP contribution in [0.15, 0.2) is 36.4 Å². The van der Waals surface area contributed by atoms with Crippen LogP contribution in [-0.2, 0) is 0 Å². The Labute approximate surface area is 277 Å². The molecule has 0 spiro atoms. The lowest BCUT2D eigenvalue weighted by Crippen LogP contribution is -2.51. The van der Waals surface area contributed by atoms with Crippen molar-refractivity contribution in [3.05, 3.63) is 53.8 Å². The summed E-state index contributed by atoms with van der Waals surface area (Å²) >= 11 is 0. The second-order valence-corrected chi connectivity index (χ2v) is 15.1. The number of hydrogen-bond donors (Lipinski definition) is 3. The Morgan fingerprint density at radius 2 is 1.67 bits per heavy atom. The molecule has 5 fully saturated rings. The van der Waals surface area contributed by atoms with Crippen molar-refractivity contribution in [1.29, 1.82) is 0 Å². The summed E-state index contributed by atoms with van der Waals surface area (Å²) in [6, 6.07) is 10.2. The molecular weight excluding hydrogens is 617 g/mol. The predicted molar refractivity (Wildman–Crippen MR) is 179 cm³/mol. The minimum absolute atomic E-state index is 0.0129. The van der Waals surface area contributed by atoms with E-state index in [1.54, 1.807) is 12.1 Å². The SMILES string of the molecule is NCC1CC2CCC(C1)N2CC1(COc2nc(N3CC4CCC(C3)N4)c3ccc(-c4cc(O)cc5ccc(F)c(F)c45)c(F)c3n2)CC1. The fourth-order valence-electron chi connectivity index (χ4n) is 9.17. The Balaban J connectivity index is 1.08. The van der Waals surface area contributed by atoms with Crippen LogP contribution in [0.1, 0.15) is 51.4 Å². The number of phenolic OH excluding ortho intramolecular Hbond substituents is 1. The molecule has 5 aliphatic rings. The van der Waals surface area contributed by atoms with E-state index in [2.05, 4.69) is 20.1 Å². The first-order valence-corrected chi connectivity index (χ1v) is 17.5. The number of rotatable bonds is 8. The number of nitrogens with one attached hydrogen (secondary N) is 1. The van der Waals surface area contributed by atoms with Crippen LogP contribution in [0, 0.1) is 28.8 Å². The zero-order valence-corrected chi connectivity index (χ0v) is 26.9. The number of aromatic nitrogens is 2. The summed E-state index contributed by atoms with van der Waals surface area (Å²) in [6.07, 6.45) is 9.08. The number of halogens is 3. The van der Waals surface area contributed by atoms with E-state index in [1.807, 2.05) is 0 Å². The predicted octanol–water partition coefficient (Wildman–Crippen LogP) is 5.87. The first-order chi connectivity index (χ1) is 23.3. The van der Waals surface area contributed by atoms with E-state index in [0.29, 0.717) is 47.9 Å². The number of hydrogen-bond acceptors (Lipinski definition) is 8. The van der Waals surface area contributed by atoms with Gasteiger partial charge in [0.2, 0.25) is 0 Å². The average molecular weight is 659 g/mol. The van der Waals surface area contributed by atoms with Crippen LogP contribution < -0.4 is 20.7 Å². The van der Waals surface area contributed by atoms with Crippen molar-refractivity contribution in [2.75, 3.05) is 37.7 Å². The molecule has 252 valence electrons. The largest absolute Gasteiger partial charge is 0.508 e. The third-order valence-corrected chi connectivity index (χ3v) is 11.9. The van der Waals surface area contributed by atoms with Crippen molar-refractivity contribution >= 4 is 27.5 Å². The summed E-state index contributed by atoms with van der Waals surface area (Å²) in [7, 11) is 0. The maximum Gasteiger partial charge on any atom is 0.319 e. The first-order valence-electron chi connectivity index (χ1n) is 17.5. The van der Waals surface area contributed by atoms with Gasteiger partial charge in [0.15, 0.2) is 17.5 Å². The van der Waals surface area contributed by atoms with Gasteiger partial charge in [0.25, 0.3) is 0 Å². The molecule has 4 atom stereocenters. The smallest absolute Gasteiger partial charge is 0.319 e. The highest BCUT2D eigenvalue weighted by atomic mass is 19.2. The Kier molecular flexibility index (Phi) is 7.25. The molecule has 11 heteroatoms. The van der Waals surface area contributed by atoms with Gasteiger partial charge < -0.3 is 25.8 Å². The second kappa shape index (κ2) is 11.5. The molecule has 4 aliphatic heterocycles. The number of anilines is 1. The number of aromatic hydroxyl groups is 1. The Bertz CT molecular complexity index is 1890. The van der Waals surface area contributed by atoms with E-state index >= 15 is 8.78 Å². The third kappa shape index (κ3) is 5.16. The van der Waals surface area contributed by atoms with Gasteiger partial charge in [-0.05, 0) is 99.0 Å². The Morgan fingerprint density at radius 3 is 2.38 bits per heavy atom. The van der Waals surface area contributed by atoms with Gasteiger partial charge in [0.1, 0.15) is 17.1 Å². The lowest BCUT2D eigenvalue weighted by atomic mass is 9.89. The highest BCUT2D eigenvalue weighted by Crippen LogP contribution is 2.50. The number of phenols is 1. The molecule has 1 saturated carbocycles. The Morgan fingerprint density at radius 1 is 0.917 bits per heavy atom. The van der Waals surface area contributed by atoms with Crippen LogP contribution in [0.5, 0.6) is 11.8 Å². The molecule has 4 N–H and O–H groups in total. The maximum absolute atomic E-state index is 16.8. The van der Waals surface area contributed by atoms with Gasteiger partial charge in [0.05, 0.1) is 6.61 Å². The van der Waals surface area contributed by atoms with Crippen LogP contribution in [0.3, 0.4) is 0 Å². The van der Waals surface area contributed by atoms with Crippen molar-refractivity contribution in [2.45, 2.75) is 75.5 Å².